The monoisotopic (exact) mass is 327 g/mol. The predicted octanol–water partition coefficient (Wildman–Crippen LogP) is 1.93. The summed E-state index contributed by atoms with van der Waals surface area (Å²) in [7, 11) is 0. The third-order valence-electron chi connectivity index (χ3n) is 4.49. The summed E-state index contributed by atoms with van der Waals surface area (Å²) in [5.74, 6) is 1.12. The molecule has 1 N–H and O–H groups in total. The topological polar surface area (TPSA) is 63.1 Å². The average Bonchev–Trinajstić information content (AvgIpc) is 2.93. The Labute approximate surface area is 142 Å². The van der Waals surface area contributed by atoms with Gasteiger partial charge in [-0.05, 0) is 44.9 Å². The summed E-state index contributed by atoms with van der Waals surface area (Å²) in [5.41, 5.74) is 2.14. The third-order valence-corrected chi connectivity index (χ3v) is 4.49. The molecule has 24 heavy (non-hydrogen) atoms. The van der Waals surface area contributed by atoms with Crippen molar-refractivity contribution in [2.24, 2.45) is 5.92 Å². The molecule has 1 unspecified atom stereocenters. The molecule has 0 spiro atoms. The maximum Gasteiger partial charge on any atom is 0.224 e. The fraction of sp³-hybridized carbons (Fsp3) is 0.500. The Kier molecular flexibility index (Phi) is 5.13. The Balaban J connectivity index is 1.50. The number of nitrogens with zero attached hydrogens (tertiary/aromatic N) is 4. The first kappa shape index (κ1) is 16.5. The minimum Gasteiger partial charge on any atom is -0.356 e. The highest BCUT2D eigenvalue weighted by Gasteiger charge is 2.26. The molecule has 6 heteroatoms. The maximum absolute atomic E-state index is 12.5. The molecule has 3 heterocycles. The fourth-order valence-electron chi connectivity index (χ4n) is 3.27. The molecule has 0 aromatic carbocycles. The summed E-state index contributed by atoms with van der Waals surface area (Å²) >= 11 is 0. The van der Waals surface area contributed by atoms with Crippen molar-refractivity contribution < 1.29 is 4.79 Å². The lowest BCUT2D eigenvalue weighted by Crippen LogP contribution is -2.44. The Hall–Kier alpha value is -2.37. The largest absolute Gasteiger partial charge is 0.356 e. The van der Waals surface area contributed by atoms with Crippen molar-refractivity contribution in [3.8, 4) is 0 Å². The van der Waals surface area contributed by atoms with Crippen molar-refractivity contribution in [2.45, 2.75) is 33.2 Å². The van der Waals surface area contributed by atoms with Crippen molar-refractivity contribution in [3.63, 3.8) is 0 Å². The Bertz CT molecular complexity index is 682. The summed E-state index contributed by atoms with van der Waals surface area (Å²) < 4.78 is 1.94. The molecule has 128 valence electrons. The van der Waals surface area contributed by atoms with Crippen LogP contribution in [0.25, 0.3) is 0 Å². The molecule has 1 atom stereocenters. The van der Waals surface area contributed by atoms with Gasteiger partial charge in [0.05, 0.1) is 18.2 Å². The number of hydrogen-bond acceptors (Lipinski definition) is 4. The molecule has 6 nitrogen and oxygen atoms in total. The SMILES string of the molecule is Cc1cc(C)n(CCNC(=O)C2CCCN(c3ccccn3)C2)n1. The number of carbonyl (C=O) groups is 1. The van der Waals surface area contributed by atoms with E-state index in [4.69, 9.17) is 0 Å². The van der Waals surface area contributed by atoms with Gasteiger partial charge < -0.3 is 10.2 Å². The molecule has 1 aliphatic rings. The van der Waals surface area contributed by atoms with Crippen molar-refractivity contribution in [1.82, 2.24) is 20.1 Å². The maximum atomic E-state index is 12.5. The zero-order chi connectivity index (χ0) is 16.9. The molecule has 1 amide bonds. The van der Waals surface area contributed by atoms with Gasteiger partial charge in [-0.3, -0.25) is 9.48 Å². The second-order valence-corrected chi connectivity index (χ2v) is 6.41. The van der Waals surface area contributed by atoms with E-state index >= 15 is 0 Å². The van der Waals surface area contributed by atoms with Crippen molar-refractivity contribution in [1.29, 1.82) is 0 Å². The summed E-state index contributed by atoms with van der Waals surface area (Å²) in [4.78, 5) is 19.1. The lowest BCUT2D eigenvalue weighted by molar-refractivity contribution is -0.125. The normalized spacial score (nSPS) is 17.8. The second kappa shape index (κ2) is 7.47. The Morgan fingerprint density at radius 2 is 2.25 bits per heavy atom. The second-order valence-electron chi connectivity index (χ2n) is 6.41. The number of aromatic nitrogens is 3. The number of aryl methyl sites for hydroxylation is 2. The zero-order valence-electron chi connectivity index (χ0n) is 14.4. The van der Waals surface area contributed by atoms with Crippen molar-refractivity contribution >= 4 is 11.7 Å². The van der Waals surface area contributed by atoms with Crippen LogP contribution in [-0.4, -0.2) is 40.3 Å². The number of pyridine rings is 1. The van der Waals surface area contributed by atoms with Crippen LogP contribution in [0.1, 0.15) is 24.2 Å². The van der Waals surface area contributed by atoms with E-state index in [0.29, 0.717) is 13.1 Å². The quantitative estimate of drug-likeness (QED) is 0.911. The summed E-state index contributed by atoms with van der Waals surface area (Å²) in [5, 5.41) is 7.48. The highest BCUT2D eigenvalue weighted by Crippen LogP contribution is 2.21. The fourth-order valence-corrected chi connectivity index (χ4v) is 3.27. The van der Waals surface area contributed by atoms with Crippen LogP contribution in [0, 0.1) is 19.8 Å². The van der Waals surface area contributed by atoms with Gasteiger partial charge in [-0.2, -0.15) is 5.10 Å². The van der Waals surface area contributed by atoms with Crippen LogP contribution >= 0.6 is 0 Å². The third kappa shape index (κ3) is 3.93. The number of anilines is 1. The van der Waals surface area contributed by atoms with E-state index in [1.165, 1.54) is 0 Å². The van der Waals surface area contributed by atoms with Crippen LogP contribution in [0.15, 0.2) is 30.5 Å². The first-order chi connectivity index (χ1) is 11.6. The van der Waals surface area contributed by atoms with Gasteiger partial charge in [-0.15, -0.1) is 0 Å². The molecular formula is C18H25N5O. The van der Waals surface area contributed by atoms with Crippen LogP contribution in [0.3, 0.4) is 0 Å². The van der Waals surface area contributed by atoms with Gasteiger partial charge >= 0.3 is 0 Å². The van der Waals surface area contributed by atoms with Crippen LogP contribution in [0.4, 0.5) is 5.82 Å². The molecule has 0 bridgehead atoms. The highest BCUT2D eigenvalue weighted by molar-refractivity contribution is 5.79. The summed E-state index contributed by atoms with van der Waals surface area (Å²) in [6.45, 7) is 7.04. The average molecular weight is 327 g/mol. The van der Waals surface area contributed by atoms with Gasteiger partial charge in [0.1, 0.15) is 5.82 Å². The number of hydrogen-bond donors (Lipinski definition) is 1. The number of carbonyl (C=O) groups excluding carboxylic acids is 1. The molecular weight excluding hydrogens is 302 g/mol. The van der Waals surface area contributed by atoms with Crippen LogP contribution in [0.5, 0.6) is 0 Å². The van der Waals surface area contributed by atoms with Crippen molar-refractivity contribution in [3.05, 3.63) is 41.9 Å². The lowest BCUT2D eigenvalue weighted by Gasteiger charge is -2.32. The molecule has 2 aromatic rings. The van der Waals surface area contributed by atoms with E-state index in [1.807, 2.05) is 42.8 Å². The van der Waals surface area contributed by atoms with Gasteiger partial charge in [0.15, 0.2) is 0 Å². The zero-order valence-corrected chi connectivity index (χ0v) is 14.4. The predicted molar refractivity (Wildman–Crippen MR) is 93.9 cm³/mol. The minimum absolute atomic E-state index is 0.0289. The van der Waals surface area contributed by atoms with E-state index in [1.54, 1.807) is 6.20 Å². The van der Waals surface area contributed by atoms with Gasteiger partial charge in [-0.1, -0.05) is 6.07 Å². The molecule has 2 aromatic heterocycles. The van der Waals surface area contributed by atoms with E-state index < -0.39 is 0 Å². The molecule has 0 radical (unpaired) electrons. The molecule has 0 aliphatic carbocycles. The van der Waals surface area contributed by atoms with Gasteiger partial charge in [0.2, 0.25) is 5.91 Å². The molecule has 0 saturated carbocycles. The van der Waals surface area contributed by atoms with Crippen molar-refractivity contribution in [2.75, 3.05) is 24.5 Å². The highest BCUT2D eigenvalue weighted by atomic mass is 16.1. The summed E-state index contributed by atoms with van der Waals surface area (Å²) in [6.07, 6.45) is 3.76. The van der Waals surface area contributed by atoms with Crippen LogP contribution < -0.4 is 10.2 Å². The number of amides is 1. The van der Waals surface area contributed by atoms with Gasteiger partial charge in [0.25, 0.3) is 0 Å². The smallest absolute Gasteiger partial charge is 0.224 e. The first-order valence-electron chi connectivity index (χ1n) is 8.58. The van der Waals surface area contributed by atoms with Gasteiger partial charge in [-0.25, -0.2) is 4.98 Å². The van der Waals surface area contributed by atoms with E-state index in [2.05, 4.69) is 20.3 Å². The van der Waals surface area contributed by atoms with E-state index in [9.17, 15) is 4.79 Å². The molecule has 1 aliphatic heterocycles. The van der Waals surface area contributed by atoms with Crippen LogP contribution in [0.2, 0.25) is 0 Å². The molecule has 3 rings (SSSR count). The number of piperidine rings is 1. The Morgan fingerprint density at radius 1 is 1.38 bits per heavy atom. The Morgan fingerprint density at radius 3 is 2.96 bits per heavy atom. The van der Waals surface area contributed by atoms with E-state index in [-0.39, 0.29) is 11.8 Å². The van der Waals surface area contributed by atoms with Crippen LogP contribution in [-0.2, 0) is 11.3 Å². The molecule has 1 fully saturated rings. The number of nitrogens with one attached hydrogen (secondary N) is 1. The molecule has 1 saturated heterocycles. The van der Waals surface area contributed by atoms with Gasteiger partial charge in [0, 0.05) is 31.5 Å². The standard InChI is InChI=1S/C18H25N5O/c1-14-12-15(2)23(21-14)11-9-20-18(24)16-6-5-10-22(13-16)17-7-3-4-8-19-17/h3-4,7-8,12,16H,5-6,9-11,13H2,1-2H3,(H,20,24). The van der Waals surface area contributed by atoms with E-state index in [0.717, 1.165) is 43.1 Å². The lowest BCUT2D eigenvalue weighted by atomic mass is 9.97. The number of rotatable bonds is 5. The first-order valence-corrected chi connectivity index (χ1v) is 8.58. The minimum atomic E-state index is 0.0289. The summed E-state index contributed by atoms with van der Waals surface area (Å²) in [6, 6.07) is 7.95.